The summed E-state index contributed by atoms with van der Waals surface area (Å²) in [6.07, 6.45) is -19.4. The molecule has 6 aromatic rings. The average Bonchev–Trinajstić information content (AvgIpc) is 3.59. The van der Waals surface area contributed by atoms with E-state index in [1.807, 2.05) is 12.1 Å². The molecule has 0 saturated carbocycles. The Morgan fingerprint density at radius 3 is 1.06 bits per heavy atom. The Balaban J connectivity index is 0.000000329. The van der Waals surface area contributed by atoms with Crippen LogP contribution in [0.2, 0.25) is 13.1 Å². The number of rotatable bonds is 2. The van der Waals surface area contributed by atoms with Crippen molar-refractivity contribution in [2.75, 3.05) is 0 Å². The molecule has 0 aliphatic carbocycles. The number of hydrogen-bond acceptors (Lipinski definition) is 0. The van der Waals surface area contributed by atoms with E-state index < -0.39 is 47.0 Å². The average molecular weight is 903 g/mol. The standard InChI is InChI=1S/2C18H11F6.C2H6Si.2ClH.Zr/c2*1-10-7-11-3-2-4-13(15(11)8-10)14-6-5-12(17(19,20)21)9-16(14)18(22,23)24;1-3-2;;;/h2*2-9H,1H3;1-2H3;2*1H;/q2*-1;;;;+2/p-2. The first kappa shape index (κ1) is 47.1. The smallest absolute Gasteiger partial charge is 0.416 e. The molecule has 0 aliphatic heterocycles. The Morgan fingerprint density at radius 2 is 0.778 bits per heavy atom. The molecule has 0 spiro atoms. The molecule has 0 aromatic heterocycles. The van der Waals surface area contributed by atoms with Gasteiger partial charge in [0, 0.05) is 0 Å². The first-order valence-electron chi connectivity index (χ1n) is 15.3. The van der Waals surface area contributed by atoms with E-state index in [0.717, 1.165) is 34.0 Å². The van der Waals surface area contributed by atoms with E-state index >= 15 is 0 Å². The summed E-state index contributed by atoms with van der Waals surface area (Å²) in [5.41, 5.74) is -3.24. The Kier molecular flexibility index (Phi) is 15.5. The number of hydrogen-bond donors (Lipinski definition) is 0. The summed E-state index contributed by atoms with van der Waals surface area (Å²) in [6, 6.07) is 20.2. The van der Waals surface area contributed by atoms with E-state index in [4.69, 9.17) is 0 Å². The zero-order valence-electron chi connectivity index (χ0n) is 28.5. The third-order valence-corrected chi connectivity index (χ3v) is 7.67. The van der Waals surface area contributed by atoms with Crippen molar-refractivity contribution >= 4 is 27.0 Å². The Hall–Kier alpha value is -3.06. The zero-order chi connectivity index (χ0) is 39.0. The molecule has 0 heterocycles. The number of benzene rings is 4. The fourth-order valence-corrected chi connectivity index (χ4v) is 5.62. The maximum absolute atomic E-state index is 13.3. The van der Waals surface area contributed by atoms with Gasteiger partial charge in [-0.05, 0) is 35.4 Å². The molecule has 6 rings (SSSR count). The van der Waals surface area contributed by atoms with Crippen LogP contribution in [0.5, 0.6) is 0 Å². The monoisotopic (exact) mass is 900 g/mol. The van der Waals surface area contributed by atoms with Gasteiger partial charge in [0.05, 0.1) is 22.3 Å². The van der Waals surface area contributed by atoms with Crippen molar-refractivity contribution in [3.63, 3.8) is 0 Å². The molecule has 54 heavy (non-hydrogen) atoms. The van der Waals surface area contributed by atoms with Crippen LogP contribution in [-0.4, -0.2) is 5.43 Å². The van der Waals surface area contributed by atoms with E-state index in [0.29, 0.717) is 22.9 Å². The number of fused-ring (bicyclic) bond motifs is 2. The topological polar surface area (TPSA) is 0 Å². The van der Waals surface area contributed by atoms with Crippen LogP contribution in [-0.2, 0) is 48.0 Å². The molecule has 0 amide bonds. The van der Waals surface area contributed by atoms with Crippen LogP contribution < -0.4 is 24.8 Å². The minimum atomic E-state index is -4.89. The van der Waals surface area contributed by atoms with Gasteiger partial charge in [-0.3, -0.25) is 0 Å². The van der Waals surface area contributed by atoms with Crippen molar-refractivity contribution < 1.29 is 101 Å². The van der Waals surface area contributed by atoms with Gasteiger partial charge in [0.2, 0.25) is 0 Å². The molecule has 0 unspecified atom stereocenters. The molecule has 6 aromatic carbocycles. The summed E-state index contributed by atoms with van der Waals surface area (Å²) in [4.78, 5) is 0. The normalized spacial score (nSPS) is 11.9. The fourth-order valence-electron chi connectivity index (χ4n) is 5.62. The van der Waals surface area contributed by atoms with Gasteiger partial charge < -0.3 is 24.8 Å². The first-order chi connectivity index (χ1) is 23.9. The minimum Gasteiger partial charge on any atom is -1.00 e. The zero-order valence-corrected chi connectivity index (χ0v) is 33.5. The molecule has 0 saturated heterocycles. The van der Waals surface area contributed by atoms with Crippen LogP contribution in [0.15, 0.2) is 97.1 Å². The Morgan fingerprint density at radius 1 is 0.463 bits per heavy atom. The van der Waals surface area contributed by atoms with Crippen molar-refractivity contribution in [2.45, 2.75) is 51.6 Å². The maximum Gasteiger partial charge on any atom is 0.416 e. The van der Waals surface area contributed by atoms with Crippen LogP contribution >= 0.6 is 0 Å². The molecular weight excluding hydrogens is 875 g/mol. The number of aryl methyl sites for hydroxylation is 2. The van der Waals surface area contributed by atoms with E-state index in [2.05, 4.69) is 13.1 Å². The molecule has 0 radical (unpaired) electrons. The van der Waals surface area contributed by atoms with Crippen LogP contribution in [0.3, 0.4) is 0 Å². The second kappa shape index (κ2) is 17.8. The van der Waals surface area contributed by atoms with Gasteiger partial charge in [-0.2, -0.15) is 64.8 Å². The van der Waals surface area contributed by atoms with Gasteiger partial charge in [-0.25, -0.2) is 0 Å². The fraction of sp³-hybridized carbons (Fsp3) is 0.211. The predicted molar refractivity (Wildman–Crippen MR) is 177 cm³/mol. The quantitative estimate of drug-likeness (QED) is 0.0942. The summed E-state index contributed by atoms with van der Waals surface area (Å²) in [7, 11) is 0. The van der Waals surface area contributed by atoms with Gasteiger partial charge in [-0.15, -0.1) is 69.1 Å². The summed E-state index contributed by atoms with van der Waals surface area (Å²) in [6.45, 7) is 8.23. The van der Waals surface area contributed by atoms with Gasteiger partial charge in [0.1, 0.15) is 0 Å². The largest absolute Gasteiger partial charge is 1.00 e. The molecule has 0 bridgehead atoms. The Labute approximate surface area is 330 Å². The molecule has 0 atom stereocenters. The van der Waals surface area contributed by atoms with Crippen LogP contribution in [0.1, 0.15) is 33.4 Å². The van der Waals surface area contributed by atoms with E-state index in [9.17, 15) is 52.7 Å². The summed E-state index contributed by atoms with van der Waals surface area (Å²) in [5.74, 6) is 0. The maximum atomic E-state index is 13.3. The first-order valence-corrected chi connectivity index (χ1v) is 21.5. The molecule has 0 nitrogen and oxygen atoms in total. The third-order valence-electron chi connectivity index (χ3n) is 7.67. The molecule has 16 heteroatoms. The molecule has 0 N–H and O–H groups in total. The van der Waals surface area contributed by atoms with E-state index in [-0.39, 0.29) is 64.6 Å². The third kappa shape index (κ3) is 11.5. The van der Waals surface area contributed by atoms with E-state index in [1.165, 1.54) is 12.1 Å². The SMILES string of the molecule is C[Si](C)=[Zr+2].Cc1cc2c(-c3ccc(C(F)(F)F)cc3C(F)(F)F)cccc2[cH-]1.Cc1cc2c(-c3ccc(C(F)(F)F)cc3C(F)(F)F)cccc2[cH-]1.[Cl-].[Cl-]. The van der Waals surface area contributed by atoms with Gasteiger partial charge in [0.15, 0.2) is 0 Å². The summed E-state index contributed by atoms with van der Waals surface area (Å²) >= 11 is 1.74. The molecule has 0 aliphatic rings. The second-order valence-corrected chi connectivity index (χ2v) is 21.6. The molecule has 288 valence electrons. The summed E-state index contributed by atoms with van der Waals surface area (Å²) < 4.78 is 157. The number of halogens is 14. The molecular formula is C38H28Cl2F12SiZr-2. The van der Waals surface area contributed by atoms with Gasteiger partial charge >= 0.3 is 66.6 Å². The van der Waals surface area contributed by atoms with Crippen LogP contribution in [0, 0.1) is 13.8 Å². The molecule has 0 fully saturated rings. The van der Waals surface area contributed by atoms with Crippen molar-refractivity contribution in [3.8, 4) is 22.3 Å². The van der Waals surface area contributed by atoms with Crippen LogP contribution in [0.4, 0.5) is 52.7 Å². The summed E-state index contributed by atoms with van der Waals surface area (Å²) in [5, 5.41) is 2.66. The van der Waals surface area contributed by atoms with Gasteiger partial charge in [-0.1, -0.05) is 49.2 Å². The van der Waals surface area contributed by atoms with Crippen molar-refractivity contribution in [2.24, 2.45) is 0 Å². The number of alkyl halides is 12. The van der Waals surface area contributed by atoms with Crippen molar-refractivity contribution in [1.82, 2.24) is 0 Å². The Bertz CT molecular complexity index is 2070. The van der Waals surface area contributed by atoms with Gasteiger partial charge in [0.25, 0.3) is 0 Å². The van der Waals surface area contributed by atoms with Crippen molar-refractivity contribution in [3.05, 3.63) is 130 Å². The second-order valence-electron chi connectivity index (χ2n) is 12.2. The minimum absolute atomic E-state index is 0. The predicted octanol–water partition coefficient (Wildman–Crippen LogP) is 7.94. The van der Waals surface area contributed by atoms with Crippen LogP contribution in [0.25, 0.3) is 43.8 Å². The van der Waals surface area contributed by atoms with E-state index in [1.54, 1.807) is 73.6 Å². The van der Waals surface area contributed by atoms with Crippen molar-refractivity contribution in [1.29, 1.82) is 0 Å².